The third-order valence-electron chi connectivity index (χ3n) is 4.37. The molecule has 1 aromatic carbocycles. The molecule has 0 radical (unpaired) electrons. The molecule has 0 amide bonds. The zero-order valence-corrected chi connectivity index (χ0v) is 20.3. The van der Waals surface area contributed by atoms with E-state index < -0.39 is 24.9 Å². The van der Waals surface area contributed by atoms with E-state index in [0.717, 1.165) is 37.7 Å². The predicted octanol–water partition coefficient (Wildman–Crippen LogP) is 3.62. The van der Waals surface area contributed by atoms with E-state index in [2.05, 4.69) is 16.0 Å². The van der Waals surface area contributed by atoms with Crippen molar-refractivity contribution in [3.05, 3.63) is 17.2 Å². The zero-order chi connectivity index (χ0) is 22.8. The normalized spacial score (nSPS) is 12.5. The van der Waals surface area contributed by atoms with Crippen LogP contribution in [0.2, 0.25) is 5.02 Å². The van der Waals surface area contributed by atoms with E-state index in [0.29, 0.717) is 6.42 Å². The number of nitrogen functional groups attached to an aromatic ring is 1. The minimum Gasteiger partial charge on any atom is -0.398 e. The number of rotatable bonds is 14. The third kappa shape index (κ3) is 8.79. The molecule has 0 aromatic heterocycles. The number of unbranched alkanes of at least 4 members (excludes halogenated alkanes) is 7. The summed E-state index contributed by atoms with van der Waals surface area (Å²) in [6.45, 7) is 2.43. The van der Waals surface area contributed by atoms with Gasteiger partial charge in [0.25, 0.3) is 10.0 Å². The van der Waals surface area contributed by atoms with Crippen molar-refractivity contribution in [2.45, 2.75) is 68.1 Å². The van der Waals surface area contributed by atoms with Gasteiger partial charge in [-0.1, -0.05) is 63.5 Å². The molecule has 3 N–H and O–H groups in total. The maximum Gasteiger partial charge on any atom is 0.285 e. The Hall–Kier alpha value is -1.36. The first-order chi connectivity index (χ1) is 14.0. The molecule has 0 spiro atoms. The summed E-state index contributed by atoms with van der Waals surface area (Å²) in [5, 5.41) is -0.189. The van der Waals surface area contributed by atoms with E-state index in [-0.39, 0.29) is 22.2 Å². The van der Waals surface area contributed by atoms with Crippen LogP contribution in [0.25, 0.3) is 0 Å². The fourth-order valence-corrected chi connectivity index (χ4v) is 5.49. The van der Waals surface area contributed by atoms with Crippen molar-refractivity contribution in [2.75, 3.05) is 26.4 Å². The standard InChI is InChI=1S/C19H33ClN4O4S2/c1-4-5-6-7-8-9-10-11-12-22-30(27,28)19-14-18(16(20)13-17(19)21)29(25,26)23-15-24(2)3/h13-15,22H,4-12,21H2,1-3H3/b23-15+. The lowest BCUT2D eigenvalue weighted by Gasteiger charge is -2.12. The Morgan fingerprint density at radius 1 is 1.00 bits per heavy atom. The molecule has 0 atom stereocenters. The van der Waals surface area contributed by atoms with Crippen LogP contribution in [-0.2, 0) is 20.0 Å². The minimum absolute atomic E-state index is 0.126. The first-order valence-electron chi connectivity index (χ1n) is 10.1. The summed E-state index contributed by atoms with van der Waals surface area (Å²) in [5.74, 6) is 0. The highest BCUT2D eigenvalue weighted by Gasteiger charge is 2.24. The molecule has 8 nitrogen and oxygen atoms in total. The summed E-state index contributed by atoms with van der Waals surface area (Å²) in [7, 11) is -4.96. The highest BCUT2D eigenvalue weighted by Crippen LogP contribution is 2.31. The quantitative estimate of drug-likeness (QED) is 0.181. The second kappa shape index (κ2) is 12.5. The van der Waals surface area contributed by atoms with Gasteiger partial charge in [-0.05, 0) is 18.6 Å². The Kier molecular flexibility index (Phi) is 11.1. The maximum absolute atomic E-state index is 12.6. The first kappa shape index (κ1) is 26.7. The summed E-state index contributed by atoms with van der Waals surface area (Å²) >= 11 is 6.00. The molecule has 30 heavy (non-hydrogen) atoms. The van der Waals surface area contributed by atoms with Gasteiger partial charge in [0, 0.05) is 20.6 Å². The Morgan fingerprint density at radius 3 is 2.13 bits per heavy atom. The van der Waals surface area contributed by atoms with Crippen LogP contribution in [0.15, 0.2) is 26.3 Å². The van der Waals surface area contributed by atoms with Crippen molar-refractivity contribution in [1.82, 2.24) is 9.62 Å². The number of benzene rings is 1. The van der Waals surface area contributed by atoms with Gasteiger partial charge in [-0.25, -0.2) is 13.1 Å². The smallest absolute Gasteiger partial charge is 0.285 e. The molecule has 1 rings (SSSR count). The molecule has 0 saturated heterocycles. The van der Waals surface area contributed by atoms with Crippen molar-refractivity contribution in [2.24, 2.45) is 4.40 Å². The second-order valence-electron chi connectivity index (χ2n) is 7.35. The second-order valence-corrected chi connectivity index (χ2v) is 11.1. The monoisotopic (exact) mass is 480 g/mol. The van der Waals surface area contributed by atoms with Gasteiger partial charge in [0.2, 0.25) is 10.0 Å². The number of nitrogens with two attached hydrogens (primary N) is 1. The highest BCUT2D eigenvalue weighted by molar-refractivity contribution is 7.91. The van der Waals surface area contributed by atoms with Gasteiger partial charge >= 0.3 is 0 Å². The van der Waals surface area contributed by atoms with Gasteiger partial charge in [-0.15, -0.1) is 4.40 Å². The zero-order valence-electron chi connectivity index (χ0n) is 17.9. The molecule has 0 saturated carbocycles. The molecule has 0 fully saturated rings. The van der Waals surface area contributed by atoms with Gasteiger partial charge in [0.15, 0.2) is 0 Å². The number of hydrogen-bond acceptors (Lipinski definition) is 5. The number of anilines is 1. The van der Waals surface area contributed by atoms with Crippen molar-refractivity contribution < 1.29 is 16.8 Å². The summed E-state index contributed by atoms with van der Waals surface area (Å²) in [4.78, 5) is 0.695. The fraction of sp³-hybridized carbons (Fsp3) is 0.632. The topological polar surface area (TPSA) is 122 Å². The average Bonchev–Trinajstić information content (AvgIpc) is 2.64. The van der Waals surface area contributed by atoms with E-state index >= 15 is 0 Å². The fourth-order valence-electron chi connectivity index (χ4n) is 2.74. The molecule has 0 aliphatic heterocycles. The third-order valence-corrected chi connectivity index (χ3v) is 7.58. The van der Waals surface area contributed by atoms with Crippen LogP contribution in [0, 0.1) is 0 Å². The Morgan fingerprint density at radius 2 is 1.57 bits per heavy atom. The lowest BCUT2D eigenvalue weighted by atomic mass is 10.1. The van der Waals surface area contributed by atoms with Gasteiger partial charge in [0.05, 0.1) is 10.7 Å². The molecule has 11 heteroatoms. The molecule has 1 aromatic rings. The number of hydrogen-bond donors (Lipinski definition) is 2. The van der Waals surface area contributed by atoms with E-state index in [1.807, 2.05) is 0 Å². The van der Waals surface area contributed by atoms with Crippen LogP contribution in [0.4, 0.5) is 5.69 Å². The lowest BCUT2D eigenvalue weighted by Crippen LogP contribution is -2.26. The largest absolute Gasteiger partial charge is 0.398 e. The Balaban J connectivity index is 2.80. The van der Waals surface area contributed by atoms with E-state index in [9.17, 15) is 16.8 Å². The molecule has 0 heterocycles. The summed E-state index contributed by atoms with van der Waals surface area (Å²) in [5.41, 5.74) is 5.68. The van der Waals surface area contributed by atoms with Crippen LogP contribution >= 0.6 is 11.6 Å². The first-order valence-corrected chi connectivity index (χ1v) is 13.4. The van der Waals surface area contributed by atoms with Crippen LogP contribution in [0.1, 0.15) is 58.3 Å². The number of nitrogens with one attached hydrogen (secondary N) is 1. The summed E-state index contributed by atoms with van der Waals surface area (Å²) < 4.78 is 56.1. The number of halogens is 1. The van der Waals surface area contributed by atoms with Crippen LogP contribution in [-0.4, -0.2) is 48.7 Å². The van der Waals surface area contributed by atoms with Gasteiger partial charge in [0.1, 0.15) is 16.1 Å². The minimum atomic E-state index is -4.18. The van der Waals surface area contributed by atoms with Gasteiger partial charge < -0.3 is 10.6 Å². The highest BCUT2D eigenvalue weighted by atomic mass is 35.5. The van der Waals surface area contributed by atoms with E-state index in [4.69, 9.17) is 17.3 Å². The summed E-state index contributed by atoms with van der Waals surface area (Å²) in [6, 6.07) is 2.07. The lowest BCUT2D eigenvalue weighted by molar-refractivity contribution is 0.559. The van der Waals surface area contributed by atoms with Crippen LogP contribution in [0.5, 0.6) is 0 Å². The maximum atomic E-state index is 12.6. The Bertz CT molecular complexity index is 917. The molecular weight excluding hydrogens is 448 g/mol. The SMILES string of the molecule is CCCCCCCCCCNS(=O)(=O)c1cc(S(=O)(=O)/N=C/N(C)C)c(Cl)cc1N. The van der Waals surface area contributed by atoms with E-state index in [1.165, 1.54) is 30.6 Å². The molecule has 0 bridgehead atoms. The molecule has 172 valence electrons. The predicted molar refractivity (Wildman–Crippen MR) is 123 cm³/mol. The summed E-state index contributed by atoms with van der Waals surface area (Å²) in [6.07, 6.45) is 9.81. The van der Waals surface area contributed by atoms with Crippen LogP contribution in [0.3, 0.4) is 0 Å². The number of nitrogens with zero attached hydrogens (tertiary/aromatic N) is 2. The van der Waals surface area contributed by atoms with Gasteiger partial charge in [-0.2, -0.15) is 8.42 Å². The molecule has 0 aliphatic rings. The molecule has 0 unspecified atom stereocenters. The van der Waals surface area contributed by atoms with Crippen molar-refractivity contribution >= 4 is 43.7 Å². The van der Waals surface area contributed by atoms with Crippen molar-refractivity contribution in [1.29, 1.82) is 0 Å². The van der Waals surface area contributed by atoms with Crippen molar-refractivity contribution in [3.8, 4) is 0 Å². The van der Waals surface area contributed by atoms with Gasteiger partial charge in [-0.3, -0.25) is 0 Å². The van der Waals surface area contributed by atoms with Crippen molar-refractivity contribution in [3.63, 3.8) is 0 Å². The average molecular weight is 481 g/mol. The molecular formula is C19H33ClN4O4S2. The Labute approximate surface area is 186 Å². The van der Waals surface area contributed by atoms with Crippen LogP contribution < -0.4 is 10.5 Å². The van der Waals surface area contributed by atoms with E-state index in [1.54, 1.807) is 14.1 Å². The number of sulfonamides is 2. The molecule has 0 aliphatic carbocycles.